The zero-order valence-electron chi connectivity index (χ0n) is 17.1. The highest BCUT2D eigenvalue weighted by Gasteiger charge is 2.21. The van der Waals surface area contributed by atoms with Gasteiger partial charge in [0.1, 0.15) is 0 Å². The van der Waals surface area contributed by atoms with Crippen LogP contribution in [0.1, 0.15) is 30.6 Å². The molecule has 1 amide bonds. The maximum absolute atomic E-state index is 13.5. The summed E-state index contributed by atoms with van der Waals surface area (Å²) < 4.78 is 3.12. The molecule has 0 aliphatic heterocycles. The number of amides is 1. The van der Waals surface area contributed by atoms with Gasteiger partial charge in [-0.15, -0.1) is 11.8 Å². The fraction of sp³-hybridized carbons (Fsp3) is 0.261. The monoisotopic (exact) mass is 436 g/mol. The highest BCUT2D eigenvalue weighted by atomic mass is 32.2. The molecule has 30 heavy (non-hydrogen) atoms. The van der Waals surface area contributed by atoms with E-state index >= 15 is 0 Å². The molecule has 0 aliphatic carbocycles. The van der Waals surface area contributed by atoms with E-state index in [4.69, 9.17) is 4.98 Å². The molecule has 0 fully saturated rings. The van der Waals surface area contributed by atoms with Gasteiger partial charge in [0.2, 0.25) is 0 Å². The van der Waals surface area contributed by atoms with Gasteiger partial charge in [0, 0.05) is 41.2 Å². The van der Waals surface area contributed by atoms with Crippen molar-refractivity contribution in [2.75, 3.05) is 11.4 Å². The topological polar surface area (TPSA) is 51.0 Å². The smallest absolute Gasteiger partial charge is 0.260 e. The number of rotatable bonds is 8. The van der Waals surface area contributed by atoms with Gasteiger partial charge in [-0.1, -0.05) is 43.4 Å². The number of thiazole rings is 1. The zero-order valence-corrected chi connectivity index (χ0v) is 18.7. The molecule has 0 bridgehead atoms. The van der Waals surface area contributed by atoms with Gasteiger partial charge in [0.15, 0.2) is 5.13 Å². The summed E-state index contributed by atoms with van der Waals surface area (Å²) in [5, 5.41) is 1.21. The molecule has 154 valence electrons. The minimum Gasteiger partial charge on any atom is -0.337 e. The third-order valence-electron chi connectivity index (χ3n) is 4.57. The minimum atomic E-state index is -0.00843. The van der Waals surface area contributed by atoms with Crippen LogP contribution >= 0.6 is 23.1 Å². The SMILES string of the molecule is CC(C)Sc1cccc(C(=O)N(CCCn2ccnc2)c2nc3ccccc3s2)c1. The molecule has 0 unspecified atom stereocenters. The number of carbonyl (C=O) groups is 1. The number of aryl methyl sites for hydroxylation is 1. The third-order valence-corrected chi connectivity index (χ3v) is 6.63. The summed E-state index contributed by atoms with van der Waals surface area (Å²) in [7, 11) is 0. The first-order chi connectivity index (χ1) is 14.6. The van der Waals surface area contributed by atoms with E-state index in [-0.39, 0.29) is 5.91 Å². The van der Waals surface area contributed by atoms with Crippen LogP contribution in [0.4, 0.5) is 5.13 Å². The molecule has 0 spiro atoms. The molecule has 2 aromatic carbocycles. The number of aromatic nitrogens is 3. The lowest BCUT2D eigenvalue weighted by molar-refractivity contribution is 0.0986. The molecule has 4 rings (SSSR count). The number of fused-ring (bicyclic) bond motifs is 1. The van der Waals surface area contributed by atoms with Crippen molar-refractivity contribution in [2.45, 2.75) is 37.0 Å². The van der Waals surface area contributed by atoms with Crippen molar-refractivity contribution in [3.05, 3.63) is 72.8 Å². The fourth-order valence-electron chi connectivity index (χ4n) is 3.22. The van der Waals surface area contributed by atoms with Gasteiger partial charge in [-0.05, 0) is 36.8 Å². The number of imidazole rings is 1. The number of hydrogen-bond donors (Lipinski definition) is 0. The van der Waals surface area contributed by atoms with Crippen molar-refractivity contribution in [1.29, 1.82) is 0 Å². The van der Waals surface area contributed by atoms with E-state index < -0.39 is 0 Å². The lowest BCUT2D eigenvalue weighted by Gasteiger charge is -2.20. The molecule has 0 aliphatic rings. The fourth-order valence-corrected chi connectivity index (χ4v) is 5.11. The second-order valence-corrected chi connectivity index (χ2v) is 9.93. The quantitative estimate of drug-likeness (QED) is 0.331. The van der Waals surface area contributed by atoms with Crippen LogP contribution in [0.15, 0.2) is 72.1 Å². The van der Waals surface area contributed by atoms with Crippen LogP contribution in [-0.2, 0) is 6.54 Å². The Morgan fingerprint density at radius 3 is 2.83 bits per heavy atom. The van der Waals surface area contributed by atoms with E-state index in [1.54, 1.807) is 35.6 Å². The summed E-state index contributed by atoms with van der Waals surface area (Å²) in [5.41, 5.74) is 1.62. The van der Waals surface area contributed by atoms with Gasteiger partial charge in [-0.25, -0.2) is 9.97 Å². The van der Waals surface area contributed by atoms with E-state index in [9.17, 15) is 4.79 Å². The summed E-state index contributed by atoms with van der Waals surface area (Å²) in [5.74, 6) is -0.00843. The maximum Gasteiger partial charge on any atom is 0.260 e. The van der Waals surface area contributed by atoms with Crippen LogP contribution in [0.2, 0.25) is 0 Å². The Bertz CT molecular complexity index is 1090. The van der Waals surface area contributed by atoms with E-state index in [0.29, 0.717) is 17.4 Å². The summed E-state index contributed by atoms with van der Waals surface area (Å²) in [6, 6.07) is 15.9. The van der Waals surface area contributed by atoms with Crippen LogP contribution in [0.5, 0.6) is 0 Å². The molecule has 0 saturated heterocycles. The van der Waals surface area contributed by atoms with Crippen LogP contribution in [0.25, 0.3) is 10.2 Å². The van der Waals surface area contributed by atoms with Gasteiger partial charge in [-0.3, -0.25) is 9.69 Å². The molecular formula is C23H24N4OS2. The lowest BCUT2D eigenvalue weighted by atomic mass is 10.2. The molecule has 5 nitrogen and oxygen atoms in total. The number of nitrogens with zero attached hydrogens (tertiary/aromatic N) is 4. The lowest BCUT2D eigenvalue weighted by Crippen LogP contribution is -2.32. The molecule has 0 N–H and O–H groups in total. The first-order valence-corrected chi connectivity index (χ1v) is 11.7. The number of benzene rings is 2. The normalized spacial score (nSPS) is 11.3. The van der Waals surface area contributed by atoms with Crippen molar-refractivity contribution in [3.63, 3.8) is 0 Å². The van der Waals surface area contributed by atoms with Gasteiger partial charge >= 0.3 is 0 Å². The average molecular weight is 437 g/mol. The van der Waals surface area contributed by atoms with Crippen LogP contribution in [0, 0.1) is 0 Å². The predicted octanol–water partition coefficient (Wildman–Crippen LogP) is 5.73. The van der Waals surface area contributed by atoms with Crippen molar-refractivity contribution < 1.29 is 4.79 Å². The molecule has 0 atom stereocenters. The standard InChI is InChI=1S/C23H24N4OS2/c1-17(2)29-19-8-5-7-18(15-19)22(28)27(13-6-12-26-14-11-24-16-26)23-25-20-9-3-4-10-21(20)30-23/h3-5,7-11,14-17H,6,12-13H2,1-2H3. The van der Waals surface area contributed by atoms with Crippen molar-refractivity contribution in [2.24, 2.45) is 0 Å². The molecule has 0 saturated carbocycles. The Labute approximate surface area is 184 Å². The predicted molar refractivity (Wildman–Crippen MR) is 126 cm³/mol. The van der Waals surface area contributed by atoms with E-state index in [0.717, 1.165) is 33.2 Å². The molecule has 0 radical (unpaired) electrons. The zero-order chi connectivity index (χ0) is 20.9. The first-order valence-electron chi connectivity index (χ1n) is 10.00. The van der Waals surface area contributed by atoms with E-state index in [2.05, 4.69) is 24.9 Å². The molecule has 2 aromatic heterocycles. The van der Waals surface area contributed by atoms with Gasteiger partial charge in [0.05, 0.1) is 16.5 Å². The Morgan fingerprint density at radius 1 is 1.20 bits per heavy atom. The van der Waals surface area contributed by atoms with Crippen molar-refractivity contribution in [3.8, 4) is 0 Å². The highest BCUT2D eigenvalue weighted by molar-refractivity contribution is 7.99. The number of carbonyl (C=O) groups excluding carboxylic acids is 1. The summed E-state index contributed by atoms with van der Waals surface area (Å²) in [6.07, 6.45) is 6.33. The van der Waals surface area contributed by atoms with Crippen LogP contribution in [-0.4, -0.2) is 32.2 Å². The number of thioether (sulfide) groups is 1. The van der Waals surface area contributed by atoms with Crippen molar-refractivity contribution in [1.82, 2.24) is 14.5 Å². The average Bonchev–Trinajstić information content (AvgIpc) is 3.40. The molecule has 4 aromatic rings. The van der Waals surface area contributed by atoms with Crippen LogP contribution in [0.3, 0.4) is 0 Å². The minimum absolute atomic E-state index is 0.00843. The Kier molecular flexibility index (Phi) is 6.50. The van der Waals surface area contributed by atoms with Crippen molar-refractivity contribution >= 4 is 44.4 Å². The largest absolute Gasteiger partial charge is 0.337 e. The first kappa shape index (κ1) is 20.6. The van der Waals surface area contributed by atoms with E-state index in [1.807, 2.05) is 58.1 Å². The number of hydrogen-bond acceptors (Lipinski definition) is 5. The number of para-hydroxylation sites is 1. The second kappa shape index (κ2) is 9.45. The van der Waals surface area contributed by atoms with Gasteiger partial charge in [0.25, 0.3) is 5.91 Å². The highest BCUT2D eigenvalue weighted by Crippen LogP contribution is 2.30. The van der Waals surface area contributed by atoms with Crippen LogP contribution < -0.4 is 4.90 Å². The molecule has 2 heterocycles. The van der Waals surface area contributed by atoms with Gasteiger partial charge in [-0.2, -0.15) is 0 Å². The maximum atomic E-state index is 13.5. The Balaban J connectivity index is 1.61. The third kappa shape index (κ3) is 4.91. The summed E-state index contributed by atoms with van der Waals surface area (Å²) in [6.45, 7) is 5.71. The van der Waals surface area contributed by atoms with Gasteiger partial charge < -0.3 is 4.57 Å². The van der Waals surface area contributed by atoms with E-state index in [1.165, 1.54) is 0 Å². The second-order valence-electron chi connectivity index (χ2n) is 7.27. The Hall–Kier alpha value is -2.64. The molecular weight excluding hydrogens is 412 g/mol. The number of anilines is 1. The summed E-state index contributed by atoms with van der Waals surface area (Å²) >= 11 is 3.32. The molecule has 7 heteroatoms. The Morgan fingerprint density at radius 2 is 2.07 bits per heavy atom. The summed E-state index contributed by atoms with van der Waals surface area (Å²) in [4.78, 5) is 25.3.